The molecule has 2 unspecified atom stereocenters. The molecule has 1 aromatic rings. The van der Waals surface area contributed by atoms with Crippen LogP contribution in [0.1, 0.15) is 38.7 Å². The first-order valence-corrected chi connectivity index (χ1v) is 7.44. The molecule has 0 aliphatic carbocycles. The van der Waals surface area contributed by atoms with Crippen LogP contribution in [0, 0.1) is 0 Å². The van der Waals surface area contributed by atoms with Crippen molar-refractivity contribution in [3.8, 4) is 5.75 Å². The number of hydrogen-bond donors (Lipinski definition) is 0. The van der Waals surface area contributed by atoms with Gasteiger partial charge >= 0.3 is 0 Å². The summed E-state index contributed by atoms with van der Waals surface area (Å²) in [6.45, 7) is 8.07. The lowest BCUT2D eigenvalue weighted by Gasteiger charge is -2.22. The average Bonchev–Trinajstić information content (AvgIpc) is 2.94. The Balaban J connectivity index is 2.15. The van der Waals surface area contributed by atoms with E-state index in [-0.39, 0.29) is 11.2 Å². The van der Waals surface area contributed by atoms with Crippen molar-refractivity contribution in [1.29, 1.82) is 0 Å². The van der Waals surface area contributed by atoms with Crippen molar-refractivity contribution in [3.63, 3.8) is 0 Å². The molecule has 2 atom stereocenters. The number of methoxy groups -OCH3 is 1. The molecular formula is C18H24O3. The monoisotopic (exact) mass is 288 g/mol. The summed E-state index contributed by atoms with van der Waals surface area (Å²) in [4.78, 5) is 11.3. The average molecular weight is 288 g/mol. The van der Waals surface area contributed by atoms with Gasteiger partial charge in [-0.1, -0.05) is 38.1 Å². The zero-order chi connectivity index (χ0) is 15.3. The molecule has 0 bridgehead atoms. The zero-order valence-electron chi connectivity index (χ0n) is 13.1. The predicted octanol–water partition coefficient (Wildman–Crippen LogP) is 4.54. The van der Waals surface area contributed by atoms with Gasteiger partial charge in [0.15, 0.2) is 0 Å². The molecule has 1 aliphatic rings. The van der Waals surface area contributed by atoms with Crippen molar-refractivity contribution in [2.45, 2.75) is 44.3 Å². The SMILES string of the molecule is C=CC1(CC)CC(/C=C/c2ccc(OC)cc2)(CC)OO1. The molecule has 21 heavy (non-hydrogen) atoms. The maximum absolute atomic E-state index is 5.67. The quantitative estimate of drug-likeness (QED) is 0.568. The Hall–Kier alpha value is -1.58. The van der Waals surface area contributed by atoms with Crippen molar-refractivity contribution < 1.29 is 14.5 Å². The van der Waals surface area contributed by atoms with E-state index in [1.807, 2.05) is 30.3 Å². The van der Waals surface area contributed by atoms with E-state index in [1.165, 1.54) is 0 Å². The van der Waals surface area contributed by atoms with Crippen LogP contribution in [0.4, 0.5) is 0 Å². The maximum Gasteiger partial charge on any atom is 0.125 e. The zero-order valence-corrected chi connectivity index (χ0v) is 13.1. The van der Waals surface area contributed by atoms with Crippen LogP contribution < -0.4 is 4.74 Å². The molecule has 0 spiro atoms. The third-order valence-corrected chi connectivity index (χ3v) is 4.24. The van der Waals surface area contributed by atoms with Gasteiger partial charge in [0, 0.05) is 6.42 Å². The lowest BCUT2D eigenvalue weighted by Crippen LogP contribution is -2.28. The fourth-order valence-corrected chi connectivity index (χ4v) is 2.52. The summed E-state index contributed by atoms with van der Waals surface area (Å²) in [5.74, 6) is 0.856. The summed E-state index contributed by atoms with van der Waals surface area (Å²) in [6.07, 6.45) is 8.52. The standard InChI is InChI=1S/C18H24O3/c1-5-17(6-2)14-18(7-3,21-20-17)13-12-15-8-10-16(19-4)11-9-15/h5,8-13H,1,6-7,14H2,2-4H3/b13-12+. The molecule has 114 valence electrons. The van der Waals surface area contributed by atoms with Crippen molar-refractivity contribution in [2.75, 3.05) is 7.11 Å². The Morgan fingerprint density at radius 2 is 1.76 bits per heavy atom. The highest BCUT2D eigenvalue weighted by atomic mass is 17.2. The van der Waals surface area contributed by atoms with Gasteiger partial charge < -0.3 is 4.74 Å². The Morgan fingerprint density at radius 1 is 1.14 bits per heavy atom. The highest BCUT2D eigenvalue weighted by molar-refractivity contribution is 5.52. The van der Waals surface area contributed by atoms with E-state index in [4.69, 9.17) is 14.5 Å². The maximum atomic E-state index is 5.67. The van der Waals surface area contributed by atoms with Gasteiger partial charge in [0.2, 0.25) is 0 Å². The lowest BCUT2D eigenvalue weighted by atomic mass is 9.84. The number of benzene rings is 1. The van der Waals surface area contributed by atoms with Crippen molar-refractivity contribution in [3.05, 3.63) is 48.6 Å². The Kier molecular flexibility index (Phi) is 4.86. The van der Waals surface area contributed by atoms with E-state index in [0.29, 0.717) is 0 Å². The van der Waals surface area contributed by atoms with Gasteiger partial charge in [0.05, 0.1) is 7.11 Å². The van der Waals surface area contributed by atoms with Crippen LogP contribution in [0.15, 0.2) is 43.0 Å². The van der Waals surface area contributed by atoms with E-state index in [2.05, 4.69) is 32.6 Å². The molecule has 1 aliphatic heterocycles. The molecule has 1 saturated heterocycles. The Labute approximate surface area is 127 Å². The summed E-state index contributed by atoms with van der Waals surface area (Å²) in [7, 11) is 1.67. The molecule has 0 aromatic heterocycles. The van der Waals surface area contributed by atoms with Gasteiger partial charge in [-0.15, -0.1) is 6.58 Å². The van der Waals surface area contributed by atoms with Gasteiger partial charge in [-0.2, -0.15) is 0 Å². The van der Waals surface area contributed by atoms with Crippen LogP contribution in [0.2, 0.25) is 0 Å². The predicted molar refractivity (Wildman–Crippen MR) is 85.1 cm³/mol. The largest absolute Gasteiger partial charge is 0.497 e. The lowest BCUT2D eigenvalue weighted by molar-refractivity contribution is -0.332. The summed E-state index contributed by atoms with van der Waals surface area (Å²) < 4.78 is 5.16. The minimum Gasteiger partial charge on any atom is -0.497 e. The second kappa shape index (κ2) is 6.46. The molecule has 1 aromatic carbocycles. The fourth-order valence-electron chi connectivity index (χ4n) is 2.52. The molecule has 1 heterocycles. The summed E-state index contributed by atoms with van der Waals surface area (Å²) in [5.41, 5.74) is 0.351. The third-order valence-electron chi connectivity index (χ3n) is 4.24. The first-order chi connectivity index (χ1) is 10.1. The van der Waals surface area contributed by atoms with Crippen molar-refractivity contribution >= 4 is 6.08 Å². The van der Waals surface area contributed by atoms with E-state index >= 15 is 0 Å². The first kappa shape index (κ1) is 15.8. The highest BCUT2D eigenvalue weighted by Crippen LogP contribution is 2.42. The second-order valence-electron chi connectivity index (χ2n) is 5.49. The van der Waals surface area contributed by atoms with E-state index in [0.717, 1.165) is 30.6 Å². The first-order valence-electron chi connectivity index (χ1n) is 7.44. The van der Waals surface area contributed by atoms with Gasteiger partial charge in [-0.05, 0) is 36.6 Å². The number of rotatable bonds is 6. The van der Waals surface area contributed by atoms with Gasteiger partial charge in [0.25, 0.3) is 0 Å². The topological polar surface area (TPSA) is 27.7 Å². The molecule has 2 rings (SSSR count). The fraction of sp³-hybridized carbons (Fsp3) is 0.444. The van der Waals surface area contributed by atoms with Crippen LogP contribution in [-0.4, -0.2) is 18.3 Å². The van der Waals surface area contributed by atoms with E-state index < -0.39 is 0 Å². The van der Waals surface area contributed by atoms with Gasteiger partial charge in [-0.3, -0.25) is 0 Å². The second-order valence-corrected chi connectivity index (χ2v) is 5.49. The third kappa shape index (κ3) is 3.36. The van der Waals surface area contributed by atoms with Crippen LogP contribution in [0.25, 0.3) is 6.08 Å². The summed E-state index contributed by atoms with van der Waals surface area (Å²) in [6, 6.07) is 7.94. The highest BCUT2D eigenvalue weighted by Gasteiger charge is 2.46. The van der Waals surface area contributed by atoms with Crippen molar-refractivity contribution in [1.82, 2.24) is 0 Å². The molecule has 0 radical (unpaired) electrons. The molecule has 3 nitrogen and oxygen atoms in total. The van der Waals surface area contributed by atoms with Gasteiger partial charge in [-0.25, -0.2) is 9.78 Å². The summed E-state index contributed by atoms with van der Waals surface area (Å²) >= 11 is 0. The molecule has 0 saturated carbocycles. The van der Waals surface area contributed by atoms with Crippen molar-refractivity contribution in [2.24, 2.45) is 0 Å². The smallest absolute Gasteiger partial charge is 0.125 e. The van der Waals surface area contributed by atoms with Crippen LogP contribution in [0.3, 0.4) is 0 Å². The summed E-state index contributed by atoms with van der Waals surface area (Å²) in [5, 5.41) is 0. The van der Waals surface area contributed by atoms with E-state index in [9.17, 15) is 0 Å². The normalized spacial score (nSPS) is 28.9. The molecule has 1 fully saturated rings. The minimum absolute atomic E-state index is 0.375. The van der Waals surface area contributed by atoms with E-state index in [1.54, 1.807) is 7.11 Å². The molecule has 3 heteroatoms. The minimum atomic E-state index is -0.385. The van der Waals surface area contributed by atoms with Crippen LogP contribution in [-0.2, 0) is 9.78 Å². The van der Waals surface area contributed by atoms with Crippen LogP contribution in [0.5, 0.6) is 5.75 Å². The Morgan fingerprint density at radius 3 is 2.24 bits per heavy atom. The van der Waals surface area contributed by atoms with Crippen LogP contribution >= 0.6 is 0 Å². The Bertz CT molecular complexity index is 506. The number of ether oxygens (including phenoxy) is 1. The molecule has 0 N–H and O–H groups in total. The number of hydrogen-bond acceptors (Lipinski definition) is 3. The molecular weight excluding hydrogens is 264 g/mol. The molecule has 0 amide bonds. The van der Waals surface area contributed by atoms with Gasteiger partial charge in [0.1, 0.15) is 17.0 Å².